The average molecular weight is 437 g/mol. The lowest BCUT2D eigenvalue weighted by Gasteiger charge is -2.29. The molecular weight excluding hydrogens is 396 g/mol. The third-order valence-electron chi connectivity index (χ3n) is 7.37. The Morgan fingerprint density at radius 1 is 0.875 bits per heavy atom. The summed E-state index contributed by atoms with van der Waals surface area (Å²) in [7, 11) is 0. The highest BCUT2D eigenvalue weighted by molar-refractivity contribution is 5.39. The van der Waals surface area contributed by atoms with Crippen molar-refractivity contribution in [3.8, 4) is 5.75 Å². The smallest absolute Gasteiger partial charge is 0.197 e. The molecule has 0 amide bonds. The monoisotopic (exact) mass is 436 g/mol. The minimum absolute atomic E-state index is 0.273. The van der Waals surface area contributed by atoms with Crippen LogP contribution in [0.15, 0.2) is 48.5 Å². The molecule has 2 atom stereocenters. The van der Waals surface area contributed by atoms with Gasteiger partial charge in [-0.2, -0.15) is 0 Å². The van der Waals surface area contributed by atoms with Crippen LogP contribution in [-0.4, -0.2) is 25.6 Å². The van der Waals surface area contributed by atoms with Crippen molar-refractivity contribution in [3.63, 3.8) is 0 Å². The van der Waals surface area contributed by atoms with Crippen LogP contribution in [0, 0.1) is 11.3 Å². The summed E-state index contributed by atoms with van der Waals surface area (Å²) in [6.07, 6.45) is 7.11. The summed E-state index contributed by atoms with van der Waals surface area (Å²) in [6, 6.07) is 17.4. The molecule has 0 spiro atoms. The zero-order chi connectivity index (χ0) is 22.6. The van der Waals surface area contributed by atoms with E-state index >= 15 is 0 Å². The Bertz CT molecular complexity index is 846. The van der Waals surface area contributed by atoms with Gasteiger partial charge in [0.25, 0.3) is 0 Å². The first-order valence-corrected chi connectivity index (χ1v) is 12.4. The van der Waals surface area contributed by atoms with Crippen molar-refractivity contribution in [2.75, 3.05) is 13.2 Å². The van der Waals surface area contributed by atoms with Crippen molar-refractivity contribution >= 4 is 0 Å². The first-order valence-electron chi connectivity index (χ1n) is 12.4. The van der Waals surface area contributed by atoms with Crippen molar-refractivity contribution in [1.82, 2.24) is 0 Å². The molecule has 1 saturated carbocycles. The molecule has 4 rings (SSSR count). The summed E-state index contributed by atoms with van der Waals surface area (Å²) in [4.78, 5) is 0. The second kappa shape index (κ2) is 10.4. The van der Waals surface area contributed by atoms with Gasteiger partial charge in [0.2, 0.25) is 0 Å². The van der Waals surface area contributed by atoms with E-state index in [-0.39, 0.29) is 6.29 Å². The molecule has 2 aliphatic rings. The molecule has 0 saturated heterocycles. The largest absolute Gasteiger partial charge is 0.465 e. The fourth-order valence-corrected chi connectivity index (χ4v) is 5.22. The third kappa shape index (κ3) is 6.14. The van der Waals surface area contributed by atoms with Gasteiger partial charge < -0.3 is 14.2 Å². The highest BCUT2D eigenvalue weighted by Gasteiger charge is 2.31. The van der Waals surface area contributed by atoms with Crippen molar-refractivity contribution in [2.24, 2.45) is 11.3 Å². The van der Waals surface area contributed by atoms with Crippen molar-refractivity contribution in [2.45, 2.75) is 84.5 Å². The lowest BCUT2D eigenvalue weighted by atomic mass is 9.79. The number of rotatable bonds is 8. The lowest BCUT2D eigenvalue weighted by Crippen LogP contribution is -2.24. The Labute approximate surface area is 194 Å². The van der Waals surface area contributed by atoms with Crippen LogP contribution < -0.4 is 4.74 Å². The molecule has 0 radical (unpaired) electrons. The summed E-state index contributed by atoms with van der Waals surface area (Å²) in [6.45, 7) is 10.2. The molecule has 3 heteroatoms. The molecule has 3 nitrogen and oxygen atoms in total. The summed E-state index contributed by atoms with van der Waals surface area (Å²) < 4.78 is 18.0. The first kappa shape index (κ1) is 23.3. The van der Waals surface area contributed by atoms with Crippen LogP contribution >= 0.6 is 0 Å². The molecule has 0 aliphatic heterocycles. The van der Waals surface area contributed by atoms with Crippen LogP contribution in [0.4, 0.5) is 0 Å². The van der Waals surface area contributed by atoms with E-state index in [0.717, 1.165) is 25.0 Å². The zero-order valence-electron chi connectivity index (χ0n) is 20.3. The zero-order valence-corrected chi connectivity index (χ0v) is 20.3. The molecule has 0 aromatic heterocycles. The van der Waals surface area contributed by atoms with Gasteiger partial charge in [0, 0.05) is 0 Å². The third-order valence-corrected chi connectivity index (χ3v) is 7.37. The van der Waals surface area contributed by atoms with Crippen molar-refractivity contribution < 1.29 is 14.2 Å². The number of ether oxygens (including phenoxy) is 3. The molecule has 2 unspecified atom stereocenters. The van der Waals surface area contributed by atoms with E-state index in [4.69, 9.17) is 14.2 Å². The SMILES string of the molecule is CC(OCCOC1CCC(c2ccccc2)CC1)Oc1ccc2c(c1)CC(C(C)(C)C)C2. The van der Waals surface area contributed by atoms with E-state index in [0.29, 0.717) is 36.6 Å². The molecule has 1 fully saturated rings. The predicted octanol–water partition coefficient (Wildman–Crippen LogP) is 6.93. The highest BCUT2D eigenvalue weighted by Crippen LogP contribution is 2.39. The van der Waals surface area contributed by atoms with Gasteiger partial charge in [-0.25, -0.2) is 0 Å². The van der Waals surface area contributed by atoms with E-state index in [1.54, 1.807) is 0 Å². The molecule has 2 aliphatic carbocycles. The Morgan fingerprint density at radius 2 is 1.59 bits per heavy atom. The van der Waals surface area contributed by atoms with Gasteiger partial charge in [0.15, 0.2) is 6.29 Å². The van der Waals surface area contributed by atoms with Gasteiger partial charge >= 0.3 is 0 Å². The first-order chi connectivity index (χ1) is 15.4. The van der Waals surface area contributed by atoms with Crippen LogP contribution in [-0.2, 0) is 22.3 Å². The normalized spacial score (nSPS) is 24.2. The van der Waals surface area contributed by atoms with Gasteiger partial charge in [0.1, 0.15) is 5.75 Å². The minimum atomic E-state index is -0.273. The van der Waals surface area contributed by atoms with E-state index in [1.165, 1.54) is 36.0 Å². The molecule has 0 bridgehead atoms. The molecule has 2 aromatic carbocycles. The van der Waals surface area contributed by atoms with E-state index in [1.807, 2.05) is 6.92 Å². The number of hydrogen-bond acceptors (Lipinski definition) is 3. The molecule has 0 N–H and O–H groups in total. The van der Waals surface area contributed by atoms with Crippen LogP contribution in [0.25, 0.3) is 0 Å². The van der Waals surface area contributed by atoms with E-state index in [2.05, 4.69) is 69.3 Å². The Kier molecular flexibility index (Phi) is 7.58. The Hall–Kier alpha value is -1.84. The molecule has 2 aromatic rings. The predicted molar refractivity (Wildman–Crippen MR) is 130 cm³/mol. The van der Waals surface area contributed by atoms with Crippen molar-refractivity contribution in [3.05, 3.63) is 65.2 Å². The Balaban J connectivity index is 1.14. The summed E-state index contributed by atoms with van der Waals surface area (Å²) in [5.74, 6) is 2.30. The molecule has 32 heavy (non-hydrogen) atoms. The lowest BCUT2D eigenvalue weighted by molar-refractivity contribution is -0.0944. The maximum atomic E-state index is 6.09. The van der Waals surface area contributed by atoms with E-state index < -0.39 is 0 Å². The number of benzene rings is 2. The number of hydrogen-bond donors (Lipinski definition) is 0. The molecule has 174 valence electrons. The highest BCUT2D eigenvalue weighted by atomic mass is 16.7. The average Bonchev–Trinajstić information content (AvgIpc) is 3.22. The van der Waals surface area contributed by atoms with Gasteiger partial charge in [-0.3, -0.25) is 0 Å². The van der Waals surface area contributed by atoms with E-state index in [9.17, 15) is 0 Å². The van der Waals surface area contributed by atoms with Gasteiger partial charge in [-0.15, -0.1) is 0 Å². The van der Waals surface area contributed by atoms with Crippen molar-refractivity contribution in [1.29, 1.82) is 0 Å². The van der Waals surface area contributed by atoms with Crippen LogP contribution in [0.3, 0.4) is 0 Å². The van der Waals surface area contributed by atoms with Crippen LogP contribution in [0.2, 0.25) is 0 Å². The summed E-state index contributed by atoms with van der Waals surface area (Å²) >= 11 is 0. The topological polar surface area (TPSA) is 27.7 Å². The van der Waals surface area contributed by atoms with Crippen LogP contribution in [0.5, 0.6) is 5.75 Å². The maximum absolute atomic E-state index is 6.09. The summed E-state index contributed by atoms with van der Waals surface area (Å²) in [5, 5.41) is 0. The fourth-order valence-electron chi connectivity index (χ4n) is 5.22. The second-order valence-electron chi connectivity index (χ2n) is 10.7. The van der Waals surface area contributed by atoms with Gasteiger partial charge in [-0.05, 0) is 91.5 Å². The second-order valence-corrected chi connectivity index (χ2v) is 10.7. The van der Waals surface area contributed by atoms with Crippen LogP contribution in [0.1, 0.15) is 76.0 Å². The van der Waals surface area contributed by atoms with Gasteiger partial charge in [0.05, 0.1) is 19.3 Å². The Morgan fingerprint density at radius 3 is 2.31 bits per heavy atom. The standard InChI is InChI=1S/C29H40O3/c1-21(32-28-15-12-24-18-26(29(2,3)4)19-25(24)20-28)30-16-17-31-27-13-10-23(11-14-27)22-8-6-5-7-9-22/h5-9,12,15,20-21,23,26-27H,10-11,13-14,16-19H2,1-4H3. The summed E-state index contributed by atoms with van der Waals surface area (Å²) in [5.41, 5.74) is 4.73. The minimum Gasteiger partial charge on any atom is -0.465 e. The fraction of sp³-hybridized carbons (Fsp3) is 0.586. The number of fused-ring (bicyclic) bond motifs is 1. The molecular formula is C29H40O3. The maximum Gasteiger partial charge on any atom is 0.197 e. The quantitative estimate of drug-likeness (QED) is 0.332. The van der Waals surface area contributed by atoms with Gasteiger partial charge in [-0.1, -0.05) is 57.2 Å². The molecule has 0 heterocycles.